The summed E-state index contributed by atoms with van der Waals surface area (Å²) in [7, 11) is 0. The van der Waals surface area contributed by atoms with Gasteiger partial charge in [0.25, 0.3) is 0 Å². The highest BCUT2D eigenvalue weighted by Crippen LogP contribution is 2.14. The molecular weight excluding hydrogens is 186 g/mol. The van der Waals surface area contributed by atoms with E-state index in [0.29, 0.717) is 0 Å². The minimum atomic E-state index is -0.316. The van der Waals surface area contributed by atoms with Gasteiger partial charge in [-0.3, -0.25) is 4.79 Å². The highest BCUT2D eigenvalue weighted by Gasteiger charge is 2.22. The second-order valence-corrected chi connectivity index (χ2v) is 5.39. The number of nitrogens with one attached hydrogen (secondary N) is 1. The van der Waals surface area contributed by atoms with Gasteiger partial charge in [0.2, 0.25) is 5.91 Å². The van der Waals surface area contributed by atoms with Crippen LogP contribution in [0.5, 0.6) is 0 Å². The third kappa shape index (κ3) is 5.92. The Hall–Kier alpha value is -0.240. The normalized spacial score (nSPS) is 16.5. The average molecular weight is 206 g/mol. The molecule has 0 radical (unpaired) electrons. The summed E-state index contributed by atoms with van der Waals surface area (Å²) in [5.41, 5.74) is -0.316. The number of hydrogen-bond acceptors (Lipinski definition) is 1. The van der Waals surface area contributed by atoms with E-state index >= 15 is 0 Å². The van der Waals surface area contributed by atoms with Crippen LogP contribution in [0.3, 0.4) is 0 Å². The maximum Gasteiger partial charge on any atom is 0.225 e. The van der Waals surface area contributed by atoms with Crippen LogP contribution < -0.4 is 5.32 Å². The molecule has 3 heteroatoms. The van der Waals surface area contributed by atoms with Crippen molar-refractivity contribution >= 4 is 17.5 Å². The smallest absolute Gasteiger partial charge is 0.225 e. The van der Waals surface area contributed by atoms with Gasteiger partial charge in [0.05, 0.1) is 0 Å². The van der Waals surface area contributed by atoms with E-state index < -0.39 is 0 Å². The number of carbonyl (C=O) groups excluding carboxylic acids is 1. The van der Waals surface area contributed by atoms with Crippen molar-refractivity contribution in [2.45, 2.75) is 52.5 Å². The molecule has 0 spiro atoms. The number of carbonyl (C=O) groups is 1. The Labute approximate surface area is 86.0 Å². The summed E-state index contributed by atoms with van der Waals surface area (Å²) in [6, 6.07) is 0.152. The number of alkyl halides is 1. The third-order valence-corrected chi connectivity index (χ3v) is 1.92. The molecule has 0 aliphatic carbocycles. The topological polar surface area (TPSA) is 29.1 Å². The van der Waals surface area contributed by atoms with E-state index in [2.05, 4.69) is 5.32 Å². The van der Waals surface area contributed by atoms with E-state index in [1.165, 1.54) is 0 Å². The Kier molecular flexibility index (Phi) is 4.76. The molecule has 0 aromatic heterocycles. The first kappa shape index (κ1) is 12.8. The van der Waals surface area contributed by atoms with Crippen LogP contribution in [0.25, 0.3) is 0 Å². The number of halogens is 1. The van der Waals surface area contributed by atoms with Crippen molar-refractivity contribution in [3.05, 3.63) is 0 Å². The standard InChI is InChI=1S/C10H20ClNO/c1-7(11)6-8(2)12-9(13)10(3,4)5/h7-8H,6H2,1-5H3,(H,12,13). The molecule has 0 aliphatic rings. The van der Waals surface area contributed by atoms with Gasteiger partial charge in [0.1, 0.15) is 0 Å². The Morgan fingerprint density at radius 1 is 1.38 bits per heavy atom. The van der Waals surface area contributed by atoms with E-state index in [9.17, 15) is 4.79 Å². The maximum absolute atomic E-state index is 11.5. The van der Waals surface area contributed by atoms with Crippen LogP contribution in [0, 0.1) is 5.41 Å². The van der Waals surface area contributed by atoms with Gasteiger partial charge in [-0.25, -0.2) is 0 Å². The van der Waals surface area contributed by atoms with E-state index in [1.807, 2.05) is 34.6 Å². The lowest BCUT2D eigenvalue weighted by atomic mass is 9.95. The third-order valence-electron chi connectivity index (χ3n) is 1.74. The largest absolute Gasteiger partial charge is 0.353 e. The summed E-state index contributed by atoms with van der Waals surface area (Å²) < 4.78 is 0. The predicted octanol–water partition coefficient (Wildman–Crippen LogP) is 2.55. The van der Waals surface area contributed by atoms with Crippen molar-refractivity contribution in [3.63, 3.8) is 0 Å². The van der Waals surface area contributed by atoms with Crippen molar-refractivity contribution in [2.24, 2.45) is 5.41 Å². The van der Waals surface area contributed by atoms with Gasteiger partial charge < -0.3 is 5.32 Å². The van der Waals surface area contributed by atoms with Gasteiger partial charge in [-0.1, -0.05) is 20.8 Å². The van der Waals surface area contributed by atoms with Crippen molar-refractivity contribution in [2.75, 3.05) is 0 Å². The fourth-order valence-electron chi connectivity index (χ4n) is 0.986. The average Bonchev–Trinajstić information content (AvgIpc) is 1.82. The van der Waals surface area contributed by atoms with E-state index in [0.717, 1.165) is 6.42 Å². The van der Waals surface area contributed by atoms with Crippen molar-refractivity contribution < 1.29 is 4.79 Å². The molecule has 0 aromatic carbocycles. The molecule has 0 saturated heterocycles. The molecular formula is C10H20ClNO. The minimum absolute atomic E-state index is 0.0808. The van der Waals surface area contributed by atoms with Gasteiger partial charge in [0.15, 0.2) is 0 Å². The summed E-state index contributed by atoms with van der Waals surface area (Å²) in [4.78, 5) is 11.5. The van der Waals surface area contributed by atoms with Crippen LogP contribution >= 0.6 is 11.6 Å². The molecule has 78 valence electrons. The summed E-state index contributed by atoms with van der Waals surface area (Å²) >= 11 is 5.82. The zero-order valence-electron chi connectivity index (χ0n) is 9.15. The van der Waals surface area contributed by atoms with Gasteiger partial charge >= 0.3 is 0 Å². The van der Waals surface area contributed by atoms with Crippen LogP contribution in [0.15, 0.2) is 0 Å². The molecule has 0 aliphatic heterocycles. The van der Waals surface area contributed by atoms with Gasteiger partial charge in [0, 0.05) is 16.8 Å². The van der Waals surface area contributed by atoms with Gasteiger partial charge in [-0.2, -0.15) is 0 Å². The van der Waals surface area contributed by atoms with Crippen LogP contribution in [0.4, 0.5) is 0 Å². The lowest BCUT2D eigenvalue weighted by Crippen LogP contribution is -2.41. The molecule has 2 atom stereocenters. The summed E-state index contributed by atoms with van der Waals surface area (Å²) in [5, 5.41) is 3.03. The van der Waals surface area contributed by atoms with E-state index in [-0.39, 0.29) is 22.7 Å². The summed E-state index contributed by atoms with van der Waals surface area (Å²) in [6.07, 6.45) is 0.809. The molecule has 0 heterocycles. The molecule has 0 bridgehead atoms. The Morgan fingerprint density at radius 3 is 2.15 bits per heavy atom. The lowest BCUT2D eigenvalue weighted by Gasteiger charge is -2.22. The Morgan fingerprint density at radius 2 is 1.85 bits per heavy atom. The molecule has 1 N–H and O–H groups in total. The number of rotatable bonds is 3. The second kappa shape index (κ2) is 4.85. The van der Waals surface area contributed by atoms with Crippen LogP contribution in [-0.4, -0.2) is 17.3 Å². The first-order valence-corrected chi connectivity index (χ1v) is 5.12. The molecule has 13 heavy (non-hydrogen) atoms. The number of amides is 1. The Balaban J connectivity index is 3.93. The Bertz CT molecular complexity index is 172. The fraction of sp³-hybridized carbons (Fsp3) is 0.900. The molecule has 0 aromatic rings. The first-order chi connectivity index (χ1) is 5.73. The van der Waals surface area contributed by atoms with E-state index in [4.69, 9.17) is 11.6 Å². The lowest BCUT2D eigenvalue weighted by molar-refractivity contribution is -0.129. The zero-order chi connectivity index (χ0) is 10.6. The highest BCUT2D eigenvalue weighted by atomic mass is 35.5. The zero-order valence-corrected chi connectivity index (χ0v) is 9.90. The SMILES string of the molecule is CC(Cl)CC(C)NC(=O)C(C)(C)C. The summed E-state index contributed by atoms with van der Waals surface area (Å²) in [6.45, 7) is 9.61. The minimum Gasteiger partial charge on any atom is -0.353 e. The van der Waals surface area contributed by atoms with Crippen molar-refractivity contribution in [1.29, 1.82) is 0 Å². The summed E-state index contributed by atoms with van der Waals surface area (Å²) in [5.74, 6) is 0.0808. The van der Waals surface area contributed by atoms with Crippen LogP contribution in [0.2, 0.25) is 0 Å². The molecule has 2 unspecified atom stereocenters. The first-order valence-electron chi connectivity index (χ1n) is 4.68. The monoisotopic (exact) mass is 205 g/mol. The van der Waals surface area contributed by atoms with Crippen molar-refractivity contribution in [3.8, 4) is 0 Å². The second-order valence-electron chi connectivity index (χ2n) is 4.64. The predicted molar refractivity (Wildman–Crippen MR) is 57.0 cm³/mol. The fourth-order valence-corrected chi connectivity index (χ4v) is 1.25. The van der Waals surface area contributed by atoms with Gasteiger partial charge in [-0.15, -0.1) is 11.6 Å². The molecule has 0 saturated carbocycles. The van der Waals surface area contributed by atoms with Gasteiger partial charge in [-0.05, 0) is 20.3 Å². The van der Waals surface area contributed by atoms with E-state index in [1.54, 1.807) is 0 Å². The quantitative estimate of drug-likeness (QED) is 0.705. The molecule has 2 nitrogen and oxygen atoms in total. The number of hydrogen-bond donors (Lipinski definition) is 1. The van der Waals surface area contributed by atoms with Crippen LogP contribution in [-0.2, 0) is 4.79 Å². The van der Waals surface area contributed by atoms with Crippen LogP contribution in [0.1, 0.15) is 41.0 Å². The molecule has 0 fully saturated rings. The molecule has 1 amide bonds. The highest BCUT2D eigenvalue weighted by molar-refractivity contribution is 6.20. The maximum atomic E-state index is 11.5. The van der Waals surface area contributed by atoms with Crippen molar-refractivity contribution in [1.82, 2.24) is 5.32 Å². The molecule has 0 rings (SSSR count).